The Morgan fingerprint density at radius 2 is 2.50 bits per heavy atom. The number of nitrogens with one attached hydrogen (secondary N) is 1. The first-order valence-corrected chi connectivity index (χ1v) is 5.29. The third-order valence-electron chi connectivity index (χ3n) is 1.91. The van der Waals surface area contributed by atoms with E-state index in [1.54, 1.807) is 6.07 Å². The largest absolute Gasteiger partial charge is 0.394 e. The van der Waals surface area contributed by atoms with Crippen molar-refractivity contribution in [2.75, 3.05) is 6.61 Å². The summed E-state index contributed by atoms with van der Waals surface area (Å²) in [5, 5.41) is 11.6. The SMILES string of the molecule is CCC(CO)NC(=O)c1cc(C)sn1. The second kappa shape index (κ2) is 5.07. The van der Waals surface area contributed by atoms with Gasteiger partial charge in [-0.15, -0.1) is 0 Å². The van der Waals surface area contributed by atoms with E-state index in [2.05, 4.69) is 9.69 Å². The van der Waals surface area contributed by atoms with Gasteiger partial charge in [0, 0.05) is 4.88 Å². The predicted molar refractivity (Wildman–Crippen MR) is 55.5 cm³/mol. The second-order valence-electron chi connectivity index (χ2n) is 3.08. The molecular weight excluding hydrogens is 200 g/mol. The number of aromatic nitrogens is 1. The van der Waals surface area contributed by atoms with Gasteiger partial charge in [0.05, 0.1) is 12.6 Å². The first-order chi connectivity index (χ1) is 6.67. The van der Waals surface area contributed by atoms with E-state index in [0.717, 1.165) is 4.88 Å². The molecule has 1 heterocycles. The number of carbonyl (C=O) groups excluding carboxylic acids is 1. The molecule has 0 bridgehead atoms. The molecule has 5 heteroatoms. The highest BCUT2D eigenvalue weighted by atomic mass is 32.1. The third-order valence-corrected chi connectivity index (χ3v) is 2.60. The van der Waals surface area contributed by atoms with Gasteiger partial charge in [0.15, 0.2) is 0 Å². The molecule has 1 unspecified atom stereocenters. The number of rotatable bonds is 4. The molecular formula is C9H14N2O2S. The molecule has 0 aliphatic heterocycles. The van der Waals surface area contributed by atoms with Crippen LogP contribution in [-0.4, -0.2) is 28.0 Å². The first kappa shape index (κ1) is 11.1. The topological polar surface area (TPSA) is 62.2 Å². The van der Waals surface area contributed by atoms with E-state index < -0.39 is 0 Å². The molecule has 1 amide bonds. The summed E-state index contributed by atoms with van der Waals surface area (Å²) in [5.41, 5.74) is 0.430. The lowest BCUT2D eigenvalue weighted by atomic mass is 10.2. The lowest BCUT2D eigenvalue weighted by molar-refractivity contribution is 0.0911. The molecule has 1 atom stereocenters. The predicted octanol–water partition coefficient (Wildman–Crippen LogP) is 0.952. The summed E-state index contributed by atoms with van der Waals surface area (Å²) in [6.45, 7) is 3.77. The van der Waals surface area contributed by atoms with E-state index in [1.807, 2.05) is 13.8 Å². The maximum absolute atomic E-state index is 11.5. The molecule has 0 saturated carbocycles. The van der Waals surface area contributed by atoms with Crippen molar-refractivity contribution in [2.24, 2.45) is 0 Å². The Kier molecular flexibility index (Phi) is 4.03. The summed E-state index contributed by atoms with van der Waals surface area (Å²) in [6.07, 6.45) is 0.714. The minimum atomic E-state index is -0.213. The molecule has 1 aromatic rings. The van der Waals surface area contributed by atoms with Gasteiger partial charge in [-0.2, -0.15) is 4.37 Å². The fourth-order valence-corrected chi connectivity index (χ4v) is 1.55. The standard InChI is InChI=1S/C9H14N2O2S/c1-3-7(5-12)10-9(13)8-4-6(2)14-11-8/h4,7,12H,3,5H2,1-2H3,(H,10,13). The van der Waals surface area contributed by atoms with Crippen molar-refractivity contribution in [3.63, 3.8) is 0 Å². The number of aliphatic hydroxyl groups is 1. The lowest BCUT2D eigenvalue weighted by Crippen LogP contribution is -2.37. The molecule has 1 rings (SSSR count). The smallest absolute Gasteiger partial charge is 0.271 e. The maximum Gasteiger partial charge on any atom is 0.271 e. The molecule has 78 valence electrons. The zero-order chi connectivity index (χ0) is 10.6. The van der Waals surface area contributed by atoms with Gasteiger partial charge in [-0.25, -0.2) is 0 Å². The molecule has 4 nitrogen and oxygen atoms in total. The Labute approximate surface area is 87.1 Å². The molecule has 0 aliphatic carbocycles. The summed E-state index contributed by atoms with van der Waals surface area (Å²) >= 11 is 1.30. The monoisotopic (exact) mass is 214 g/mol. The van der Waals surface area contributed by atoms with Crippen molar-refractivity contribution < 1.29 is 9.90 Å². The quantitative estimate of drug-likeness (QED) is 0.784. The van der Waals surface area contributed by atoms with Gasteiger partial charge >= 0.3 is 0 Å². The van der Waals surface area contributed by atoms with Crippen LogP contribution in [0.2, 0.25) is 0 Å². The molecule has 2 N–H and O–H groups in total. The van der Waals surface area contributed by atoms with E-state index >= 15 is 0 Å². The summed E-state index contributed by atoms with van der Waals surface area (Å²) < 4.78 is 3.99. The lowest BCUT2D eigenvalue weighted by Gasteiger charge is -2.12. The average molecular weight is 214 g/mol. The first-order valence-electron chi connectivity index (χ1n) is 4.52. The fraction of sp³-hybridized carbons (Fsp3) is 0.556. The van der Waals surface area contributed by atoms with Crippen LogP contribution in [0.3, 0.4) is 0 Å². The minimum absolute atomic E-state index is 0.0363. The van der Waals surface area contributed by atoms with Crippen LogP contribution in [-0.2, 0) is 0 Å². The van der Waals surface area contributed by atoms with Crippen LogP contribution < -0.4 is 5.32 Å². The van der Waals surface area contributed by atoms with Gasteiger partial charge in [-0.05, 0) is 30.9 Å². The molecule has 1 aromatic heterocycles. The summed E-state index contributed by atoms with van der Waals surface area (Å²) in [7, 11) is 0. The Bertz CT molecular complexity index is 308. The van der Waals surface area contributed by atoms with Gasteiger partial charge in [-0.1, -0.05) is 6.92 Å². The summed E-state index contributed by atoms with van der Waals surface area (Å²) in [6, 6.07) is 1.56. The van der Waals surface area contributed by atoms with Crippen LogP contribution in [0.1, 0.15) is 28.7 Å². The van der Waals surface area contributed by atoms with Gasteiger partial charge in [0.25, 0.3) is 5.91 Å². The van der Waals surface area contributed by atoms with Gasteiger partial charge < -0.3 is 10.4 Å². The van der Waals surface area contributed by atoms with E-state index in [0.29, 0.717) is 12.1 Å². The Morgan fingerprint density at radius 3 is 2.93 bits per heavy atom. The van der Waals surface area contributed by atoms with Crippen molar-refractivity contribution in [3.8, 4) is 0 Å². The molecule has 0 radical (unpaired) electrons. The fourth-order valence-electron chi connectivity index (χ4n) is 1.01. The Balaban J connectivity index is 2.58. The van der Waals surface area contributed by atoms with Crippen LogP contribution in [0.5, 0.6) is 0 Å². The highest BCUT2D eigenvalue weighted by molar-refractivity contribution is 7.05. The van der Waals surface area contributed by atoms with Crippen molar-refractivity contribution >= 4 is 17.4 Å². The molecule has 0 spiro atoms. The van der Waals surface area contributed by atoms with E-state index in [4.69, 9.17) is 5.11 Å². The zero-order valence-corrected chi connectivity index (χ0v) is 9.10. The van der Waals surface area contributed by atoms with Crippen molar-refractivity contribution in [2.45, 2.75) is 26.3 Å². The maximum atomic E-state index is 11.5. The van der Waals surface area contributed by atoms with Crippen molar-refractivity contribution in [1.82, 2.24) is 9.69 Å². The normalized spacial score (nSPS) is 12.5. The number of aliphatic hydroxyl groups excluding tert-OH is 1. The van der Waals surface area contributed by atoms with E-state index in [9.17, 15) is 4.79 Å². The third kappa shape index (κ3) is 2.78. The van der Waals surface area contributed by atoms with Crippen molar-refractivity contribution in [3.05, 3.63) is 16.6 Å². The van der Waals surface area contributed by atoms with Crippen molar-refractivity contribution in [1.29, 1.82) is 0 Å². The van der Waals surface area contributed by atoms with Gasteiger partial charge in [0.2, 0.25) is 0 Å². The van der Waals surface area contributed by atoms with Crippen LogP contribution in [0, 0.1) is 6.92 Å². The van der Waals surface area contributed by atoms with Gasteiger partial charge in [-0.3, -0.25) is 4.79 Å². The zero-order valence-electron chi connectivity index (χ0n) is 8.28. The van der Waals surface area contributed by atoms with Crippen LogP contribution in [0.15, 0.2) is 6.07 Å². The molecule has 0 aliphatic rings. The Hall–Kier alpha value is -0.940. The second-order valence-corrected chi connectivity index (χ2v) is 4.09. The summed E-state index contributed by atoms with van der Waals surface area (Å²) in [4.78, 5) is 12.5. The van der Waals surface area contributed by atoms with E-state index in [-0.39, 0.29) is 18.6 Å². The summed E-state index contributed by atoms with van der Waals surface area (Å²) in [5.74, 6) is -0.213. The van der Waals surface area contributed by atoms with Crippen LogP contribution >= 0.6 is 11.5 Å². The molecule has 0 saturated heterocycles. The number of hydrogen-bond acceptors (Lipinski definition) is 4. The van der Waals surface area contributed by atoms with Crippen LogP contribution in [0.4, 0.5) is 0 Å². The molecule has 0 aromatic carbocycles. The average Bonchev–Trinajstić information content (AvgIpc) is 2.61. The number of aryl methyl sites for hydroxylation is 1. The Morgan fingerprint density at radius 1 is 1.79 bits per heavy atom. The molecule has 14 heavy (non-hydrogen) atoms. The number of carbonyl (C=O) groups is 1. The highest BCUT2D eigenvalue weighted by Crippen LogP contribution is 2.07. The van der Waals surface area contributed by atoms with Gasteiger partial charge in [0.1, 0.15) is 5.69 Å². The number of amides is 1. The number of hydrogen-bond donors (Lipinski definition) is 2. The minimum Gasteiger partial charge on any atom is -0.394 e. The molecule has 0 fully saturated rings. The number of nitrogens with zero attached hydrogens (tertiary/aromatic N) is 1. The highest BCUT2D eigenvalue weighted by Gasteiger charge is 2.13. The van der Waals surface area contributed by atoms with Crippen LogP contribution in [0.25, 0.3) is 0 Å². The van der Waals surface area contributed by atoms with E-state index in [1.165, 1.54) is 11.5 Å².